The Morgan fingerprint density at radius 3 is 1.80 bits per heavy atom. The predicted molar refractivity (Wildman–Crippen MR) is 102 cm³/mol. The number of anilines is 1. The van der Waals surface area contributed by atoms with E-state index in [1.54, 1.807) is 0 Å². The topological polar surface area (TPSA) is 38.5 Å². The highest BCUT2D eigenvalue weighted by Crippen LogP contribution is 2.69. The van der Waals surface area contributed by atoms with Crippen LogP contribution in [-0.2, 0) is 13.6 Å². The van der Waals surface area contributed by atoms with Crippen molar-refractivity contribution < 1.29 is 13.6 Å². The van der Waals surface area contributed by atoms with E-state index in [9.17, 15) is 4.57 Å². The third kappa shape index (κ3) is 3.98. The molecule has 0 radical (unpaired) electrons. The Balaban J connectivity index is 1.99. The molecule has 3 rings (SSSR count). The van der Waals surface area contributed by atoms with Crippen molar-refractivity contribution in [2.24, 2.45) is 0 Å². The van der Waals surface area contributed by atoms with E-state index in [2.05, 4.69) is 17.0 Å². The van der Waals surface area contributed by atoms with Crippen LogP contribution in [0.2, 0.25) is 0 Å². The molecule has 1 aliphatic rings. The van der Waals surface area contributed by atoms with Crippen molar-refractivity contribution in [2.45, 2.75) is 51.7 Å². The van der Waals surface area contributed by atoms with Crippen LogP contribution in [0.25, 0.3) is 0 Å². The van der Waals surface area contributed by atoms with Gasteiger partial charge in [-0.05, 0) is 45.4 Å². The van der Waals surface area contributed by atoms with E-state index in [1.165, 1.54) is 0 Å². The van der Waals surface area contributed by atoms with Gasteiger partial charge in [0.2, 0.25) is 0 Å². The first-order valence-corrected chi connectivity index (χ1v) is 10.4. The van der Waals surface area contributed by atoms with E-state index in [4.69, 9.17) is 9.05 Å². The molecule has 0 amide bonds. The van der Waals surface area contributed by atoms with Gasteiger partial charge in [0.05, 0.1) is 18.2 Å². The van der Waals surface area contributed by atoms with Gasteiger partial charge in [-0.1, -0.05) is 48.5 Å². The fraction of sp³-hybridized carbons (Fsp3) is 0.400. The van der Waals surface area contributed by atoms with Gasteiger partial charge in [-0.15, -0.1) is 0 Å². The van der Waals surface area contributed by atoms with Crippen molar-refractivity contribution in [2.75, 3.05) is 4.90 Å². The Bertz CT molecular complexity index is 674. The van der Waals surface area contributed by atoms with Crippen LogP contribution in [0.5, 0.6) is 0 Å². The maximum atomic E-state index is 13.7. The van der Waals surface area contributed by atoms with Crippen molar-refractivity contribution in [3.05, 3.63) is 66.2 Å². The third-order valence-electron chi connectivity index (χ3n) is 4.01. The summed E-state index contributed by atoms with van der Waals surface area (Å²) in [4.78, 5) is 2.14. The van der Waals surface area contributed by atoms with Crippen LogP contribution >= 0.6 is 7.60 Å². The average molecular weight is 359 g/mol. The number of hydrogen-bond acceptors (Lipinski definition) is 4. The molecule has 5 heteroatoms. The normalized spacial score (nSPS) is 20.3. The molecule has 134 valence electrons. The summed E-state index contributed by atoms with van der Waals surface area (Å²) in [6.07, 6.45) is -0.335. The molecule has 1 aliphatic heterocycles. The Morgan fingerprint density at radius 2 is 1.32 bits per heavy atom. The van der Waals surface area contributed by atoms with Crippen LogP contribution in [0.4, 0.5) is 5.69 Å². The standard InChI is InChI=1S/C20H26NO3P/c1-15(2)23-25(22,24-16(3)4)20-19(17-11-7-5-8-12-17)21(20)18-13-9-6-10-14-18/h5-16,19-20H,1-4H3/t19-,20-,21?/m1/s1. The van der Waals surface area contributed by atoms with Gasteiger partial charge in [-0.25, -0.2) is 0 Å². The SMILES string of the molecule is CC(C)OP(=O)(OC(C)C)[C@@H]1[C@@H](c2ccccc2)N1c1ccccc1. The molecule has 1 saturated heterocycles. The van der Waals surface area contributed by atoms with Gasteiger partial charge in [-0.3, -0.25) is 4.57 Å². The lowest BCUT2D eigenvalue weighted by atomic mass is 10.1. The highest BCUT2D eigenvalue weighted by molar-refractivity contribution is 7.55. The molecule has 0 bridgehead atoms. The minimum atomic E-state index is -3.31. The van der Waals surface area contributed by atoms with E-state index < -0.39 is 7.60 Å². The van der Waals surface area contributed by atoms with Crippen LogP contribution < -0.4 is 4.90 Å². The van der Waals surface area contributed by atoms with E-state index in [0.717, 1.165) is 11.3 Å². The molecule has 0 saturated carbocycles. The van der Waals surface area contributed by atoms with E-state index in [0.29, 0.717) is 0 Å². The largest absolute Gasteiger partial charge is 0.355 e. The maximum Gasteiger partial charge on any atom is 0.355 e. The van der Waals surface area contributed by atoms with Crippen molar-refractivity contribution in [1.29, 1.82) is 0 Å². The number of nitrogens with zero attached hydrogens (tertiary/aromatic N) is 1. The molecular formula is C20H26NO3P. The second-order valence-electron chi connectivity index (χ2n) is 6.86. The lowest BCUT2D eigenvalue weighted by molar-refractivity contribution is 0.141. The summed E-state index contributed by atoms with van der Waals surface area (Å²) >= 11 is 0. The maximum absolute atomic E-state index is 13.7. The zero-order chi connectivity index (χ0) is 18.0. The molecule has 0 aromatic heterocycles. The van der Waals surface area contributed by atoms with Crippen LogP contribution in [-0.4, -0.2) is 18.0 Å². The monoisotopic (exact) mass is 359 g/mol. The first kappa shape index (κ1) is 18.2. The summed E-state index contributed by atoms with van der Waals surface area (Å²) < 4.78 is 25.4. The summed E-state index contributed by atoms with van der Waals surface area (Å²) in [6.45, 7) is 7.57. The van der Waals surface area contributed by atoms with Crippen molar-refractivity contribution >= 4 is 13.3 Å². The smallest absolute Gasteiger partial charge is 0.345 e. The Hall–Kier alpha value is -1.61. The van der Waals surface area contributed by atoms with Crippen molar-refractivity contribution in [3.63, 3.8) is 0 Å². The van der Waals surface area contributed by atoms with Gasteiger partial charge in [0.25, 0.3) is 0 Å². The molecule has 1 fully saturated rings. The summed E-state index contributed by atoms with van der Waals surface area (Å²) in [5.74, 6) is -0.304. The van der Waals surface area contributed by atoms with Crippen molar-refractivity contribution in [3.8, 4) is 0 Å². The Morgan fingerprint density at radius 1 is 0.840 bits per heavy atom. The molecule has 2 atom stereocenters. The fourth-order valence-electron chi connectivity index (χ4n) is 3.18. The Labute approximate surface area is 150 Å². The van der Waals surface area contributed by atoms with Crippen LogP contribution in [0.3, 0.4) is 0 Å². The van der Waals surface area contributed by atoms with Gasteiger partial charge in [-0.2, -0.15) is 0 Å². The zero-order valence-electron chi connectivity index (χ0n) is 15.2. The minimum absolute atomic E-state index is 0.00747. The molecular weight excluding hydrogens is 333 g/mol. The first-order valence-electron chi connectivity index (χ1n) is 8.77. The van der Waals surface area contributed by atoms with Crippen LogP contribution in [0.15, 0.2) is 60.7 Å². The van der Waals surface area contributed by atoms with E-state index in [1.807, 2.05) is 76.2 Å². The second-order valence-corrected chi connectivity index (χ2v) is 8.89. The molecule has 0 spiro atoms. The summed E-state index contributed by atoms with van der Waals surface area (Å²) in [5, 5.41) is 0. The molecule has 1 heterocycles. The number of hydrogen-bond donors (Lipinski definition) is 0. The molecule has 25 heavy (non-hydrogen) atoms. The van der Waals surface area contributed by atoms with Gasteiger partial charge < -0.3 is 13.9 Å². The van der Waals surface area contributed by atoms with Gasteiger partial charge in [0.1, 0.15) is 0 Å². The van der Waals surface area contributed by atoms with E-state index >= 15 is 0 Å². The summed E-state index contributed by atoms with van der Waals surface area (Å²) in [7, 11) is -3.31. The number of benzene rings is 2. The molecule has 2 aromatic carbocycles. The fourth-order valence-corrected chi connectivity index (χ4v) is 5.82. The predicted octanol–water partition coefficient (Wildman–Crippen LogP) is 5.62. The summed E-state index contributed by atoms with van der Waals surface area (Å²) in [5.41, 5.74) is 2.15. The summed E-state index contributed by atoms with van der Waals surface area (Å²) in [6, 6.07) is 20.1. The number of rotatable bonds is 7. The minimum Gasteiger partial charge on any atom is -0.345 e. The first-order chi connectivity index (χ1) is 11.9. The van der Waals surface area contributed by atoms with Crippen LogP contribution in [0.1, 0.15) is 39.3 Å². The second kappa shape index (κ2) is 7.33. The lowest BCUT2D eigenvalue weighted by Gasteiger charge is -2.23. The number of para-hydroxylation sites is 1. The lowest BCUT2D eigenvalue weighted by Crippen LogP contribution is -2.13. The molecule has 4 nitrogen and oxygen atoms in total. The molecule has 0 aliphatic carbocycles. The molecule has 0 N–H and O–H groups in total. The highest BCUT2D eigenvalue weighted by atomic mass is 31.2. The Kier molecular flexibility index (Phi) is 5.33. The van der Waals surface area contributed by atoms with Gasteiger partial charge in [0.15, 0.2) is 5.78 Å². The van der Waals surface area contributed by atoms with Gasteiger partial charge in [0, 0.05) is 5.69 Å². The van der Waals surface area contributed by atoms with Crippen LogP contribution in [0, 0.1) is 0 Å². The van der Waals surface area contributed by atoms with E-state index in [-0.39, 0.29) is 24.0 Å². The molecule has 0 unspecified atom stereocenters. The molecule has 2 aromatic rings. The van der Waals surface area contributed by atoms with Crippen molar-refractivity contribution in [1.82, 2.24) is 0 Å². The van der Waals surface area contributed by atoms with Gasteiger partial charge >= 0.3 is 7.60 Å². The quantitative estimate of drug-likeness (QED) is 0.475. The highest BCUT2D eigenvalue weighted by Gasteiger charge is 2.61. The zero-order valence-corrected chi connectivity index (χ0v) is 16.1. The average Bonchev–Trinajstić information content (AvgIpc) is 3.31. The third-order valence-corrected chi connectivity index (χ3v) is 6.62.